The summed E-state index contributed by atoms with van der Waals surface area (Å²) in [5.74, 6) is -1.02. The van der Waals surface area contributed by atoms with E-state index in [1.165, 1.54) is 93.0 Å². The normalized spacial score (nSPS) is 16.2. The van der Waals surface area contributed by atoms with Crippen LogP contribution in [0.25, 0.3) is 65.9 Å². The van der Waals surface area contributed by atoms with Crippen LogP contribution in [0.15, 0.2) is 126 Å². The summed E-state index contributed by atoms with van der Waals surface area (Å²) >= 11 is 0. The number of carbonyl (C=O) groups is 3. The Morgan fingerprint density at radius 1 is 0.643 bits per heavy atom. The lowest BCUT2D eigenvalue weighted by molar-refractivity contribution is -0.362. The van der Waals surface area contributed by atoms with Gasteiger partial charge in [0.25, 0.3) is 0 Å². The van der Waals surface area contributed by atoms with Crippen molar-refractivity contribution in [2.75, 3.05) is 13.2 Å². The van der Waals surface area contributed by atoms with Crippen LogP contribution in [0.3, 0.4) is 0 Å². The van der Waals surface area contributed by atoms with Crippen molar-refractivity contribution >= 4 is 85.3 Å². The minimum absolute atomic E-state index is 0.0203. The summed E-state index contributed by atoms with van der Waals surface area (Å²) in [5.41, 5.74) is 14.2. The summed E-state index contributed by atoms with van der Waals surface area (Å²) < 4.78 is 55.6. The fourth-order valence-electron chi connectivity index (χ4n) is 14.2. The van der Waals surface area contributed by atoms with Crippen LogP contribution in [0.5, 0.6) is 5.75 Å². The Kier molecular flexibility index (Phi) is 14.6. The first-order chi connectivity index (χ1) is 40.2. The minimum Gasteiger partial charge on any atom is -0.463 e. The van der Waals surface area contributed by atoms with Gasteiger partial charge in [-0.05, 0) is 232 Å². The number of rotatable bonds is 13. The largest absolute Gasteiger partial charge is 0.737 e. The Morgan fingerprint density at radius 2 is 1.23 bits per heavy atom. The molecule has 0 fully saturated rings. The van der Waals surface area contributed by atoms with E-state index in [-0.39, 0.29) is 36.4 Å². The molecule has 0 bridgehead atoms. The zero-order valence-electron chi connectivity index (χ0n) is 50.3. The summed E-state index contributed by atoms with van der Waals surface area (Å²) in [4.78, 5) is 39.3. The highest BCUT2D eigenvalue weighted by Crippen LogP contribution is 2.53. The monoisotopic (exact) mass is 1120 g/mol. The highest BCUT2D eigenvalue weighted by atomic mass is 19.2. The van der Waals surface area contributed by atoms with E-state index in [1.54, 1.807) is 13.8 Å². The minimum atomic E-state index is -4.57. The molecule has 12 rings (SSSR count). The number of hydrogen-bond donors (Lipinski definition) is 0. The molecule has 8 nitrogen and oxygen atoms in total. The summed E-state index contributed by atoms with van der Waals surface area (Å²) in [6, 6.07) is 32.7. The van der Waals surface area contributed by atoms with E-state index >= 15 is 8.63 Å². The number of halogens is 2. The van der Waals surface area contributed by atoms with Gasteiger partial charge in [0.05, 0.1) is 18.8 Å². The Morgan fingerprint density at radius 3 is 1.86 bits per heavy atom. The molecule has 1 aromatic heterocycles. The highest BCUT2D eigenvalue weighted by molar-refractivity contribution is 6.59. The number of allylic oxidation sites excluding steroid dienone is 3. The van der Waals surface area contributed by atoms with Gasteiger partial charge in [-0.1, -0.05) is 108 Å². The van der Waals surface area contributed by atoms with Crippen LogP contribution in [-0.2, 0) is 53.9 Å². The molecule has 2 aliphatic carbocycles. The number of benzene rings is 7. The first-order valence-electron chi connectivity index (χ1n) is 30.4. The number of esters is 3. The smallest absolute Gasteiger partial charge is 0.463 e. The molecule has 3 heterocycles. The molecule has 2 aliphatic heterocycles. The van der Waals surface area contributed by atoms with E-state index in [2.05, 4.69) is 108 Å². The fourth-order valence-corrected chi connectivity index (χ4v) is 14.2. The van der Waals surface area contributed by atoms with Crippen molar-refractivity contribution in [1.29, 1.82) is 0 Å². The van der Waals surface area contributed by atoms with E-state index in [0.717, 1.165) is 87.8 Å². The van der Waals surface area contributed by atoms with Crippen LogP contribution in [0.4, 0.5) is 8.63 Å². The Labute approximate surface area is 492 Å². The van der Waals surface area contributed by atoms with Gasteiger partial charge in [-0.25, -0.2) is 9.59 Å². The van der Waals surface area contributed by atoms with Crippen molar-refractivity contribution in [3.8, 4) is 16.9 Å². The van der Waals surface area contributed by atoms with E-state index in [0.29, 0.717) is 60.7 Å². The topological polar surface area (TPSA) is 86.8 Å². The van der Waals surface area contributed by atoms with Crippen molar-refractivity contribution in [3.05, 3.63) is 182 Å². The molecule has 430 valence electrons. The highest BCUT2D eigenvalue weighted by Gasteiger charge is 2.59. The molecule has 0 atom stereocenters. The predicted octanol–water partition coefficient (Wildman–Crippen LogP) is 17.3. The average Bonchev–Trinajstić information content (AvgIpc) is 1.59. The Hall–Kier alpha value is -7.92. The molecule has 0 radical (unpaired) electrons. The fraction of sp³-hybridized carbons (Fsp3) is 0.342. The van der Waals surface area contributed by atoms with Crippen molar-refractivity contribution in [3.63, 3.8) is 0 Å². The summed E-state index contributed by atoms with van der Waals surface area (Å²) in [6.07, 6.45) is 13.0. The van der Waals surface area contributed by atoms with Crippen LogP contribution in [0, 0.1) is 13.8 Å². The molecule has 0 saturated carbocycles. The van der Waals surface area contributed by atoms with Gasteiger partial charge >= 0.3 is 24.9 Å². The molecular weight excluding hydrogens is 1050 g/mol. The maximum Gasteiger partial charge on any atom is 0.737 e. The molecule has 0 spiro atoms. The lowest BCUT2D eigenvalue weighted by Gasteiger charge is -2.35. The number of aromatic nitrogens is 1. The van der Waals surface area contributed by atoms with Crippen molar-refractivity contribution in [1.82, 2.24) is 4.48 Å². The van der Waals surface area contributed by atoms with Crippen molar-refractivity contribution < 1.29 is 41.7 Å². The van der Waals surface area contributed by atoms with Crippen LogP contribution >= 0.6 is 0 Å². The molecular formula is C73H75BF2N2O6. The zero-order valence-corrected chi connectivity index (χ0v) is 50.3. The number of ether oxygens (including phenoxy) is 3. The van der Waals surface area contributed by atoms with E-state index < -0.39 is 18.9 Å². The molecule has 0 unspecified atom stereocenters. The van der Waals surface area contributed by atoms with Gasteiger partial charge in [0, 0.05) is 47.2 Å². The van der Waals surface area contributed by atoms with Gasteiger partial charge in [-0.15, -0.1) is 0 Å². The van der Waals surface area contributed by atoms with Gasteiger partial charge in [-0.3, -0.25) is 4.79 Å². The Balaban J connectivity index is 0.846. The lowest BCUT2D eigenvalue weighted by atomic mass is 9.78. The van der Waals surface area contributed by atoms with Crippen molar-refractivity contribution in [2.45, 2.75) is 151 Å². The van der Waals surface area contributed by atoms with E-state index in [4.69, 9.17) is 14.2 Å². The van der Waals surface area contributed by atoms with Crippen LogP contribution in [0.1, 0.15) is 163 Å². The average molecular weight is 1130 g/mol. The second-order valence-electron chi connectivity index (χ2n) is 25.7. The number of nitrogens with zero attached hydrogens (tertiary/aromatic N) is 2. The molecule has 7 aromatic carbocycles. The third-order valence-electron chi connectivity index (χ3n) is 18.1. The molecule has 0 amide bonds. The van der Waals surface area contributed by atoms with Gasteiger partial charge in [-0.2, -0.15) is 0 Å². The number of carbonyl (C=O) groups excluding carboxylic acids is 3. The van der Waals surface area contributed by atoms with E-state index in [1.807, 2.05) is 38.1 Å². The maximum atomic E-state index is 18.3. The second kappa shape index (κ2) is 21.6. The third kappa shape index (κ3) is 9.79. The van der Waals surface area contributed by atoms with Crippen LogP contribution < -0.4 is 4.74 Å². The molecule has 4 aliphatic rings. The van der Waals surface area contributed by atoms with Gasteiger partial charge in [0.2, 0.25) is 0 Å². The summed E-state index contributed by atoms with van der Waals surface area (Å²) in [5, 5.41) is 10.2. The molecule has 8 aromatic rings. The number of hydrogen-bond acceptors (Lipinski definition) is 6. The number of aryl methyl sites for hydroxylation is 3. The first-order valence-corrected chi connectivity index (χ1v) is 30.4. The molecule has 11 heteroatoms. The summed E-state index contributed by atoms with van der Waals surface area (Å²) in [6.45, 7) is 17.0. The standard InChI is InChI=1S/C73H75BF2N2O6/c1-11-82-63(79)35-33-61-53-20-13-15-22-57(53)70-69(71-58-23-16-14-21-54(58)62(34-36-64(80)83-12-2)78(71)74(75,76)77(61)70)66-43(3)37-47(38-44(66)4)45-27-30-51(31-28-45)84-65(81)26-17-19-46-29-32-56-60-42-50(73(8,9)10)40-48-39-49(72(5,6)7)41-59(67(48)60)55-25-18-24-52(46)68(55)56/h18,24-25,27-42H,11-17,19-23,26H2,1-10H3/b35-33+,36-34+. The lowest BCUT2D eigenvalue weighted by Crippen LogP contribution is -2.52. The Bertz CT molecular complexity index is 4140. The molecule has 84 heavy (non-hydrogen) atoms. The SMILES string of the molecule is CCOC(=O)/C=C/C1=[N+]2C(=C(c3c(C)cc(-c4ccc(OC(=O)CCCc5ccc6c7cc(C(C)(C)C)cc8cc(C(C)(C)C)cc(c9cccc5c96)c87)cc4)cc3C)c3c4c(c(/C=C/C(=O)OCC)n3[B-]2(F)F)CCCC4)C2=C1CCCC2. The number of fused-ring (bicyclic) bond motifs is 7. The molecule has 0 saturated heterocycles. The summed E-state index contributed by atoms with van der Waals surface area (Å²) in [7, 11) is 0. The quantitative estimate of drug-likeness (QED) is 0.0285. The van der Waals surface area contributed by atoms with Gasteiger partial charge in [0.15, 0.2) is 11.4 Å². The predicted molar refractivity (Wildman–Crippen MR) is 338 cm³/mol. The first kappa shape index (κ1) is 56.6. The van der Waals surface area contributed by atoms with Crippen LogP contribution in [-0.4, -0.2) is 52.8 Å². The van der Waals surface area contributed by atoms with Crippen molar-refractivity contribution in [2.24, 2.45) is 0 Å². The molecule has 0 N–H and O–H groups in total. The van der Waals surface area contributed by atoms with Gasteiger partial charge in [0.1, 0.15) is 5.75 Å². The van der Waals surface area contributed by atoms with Gasteiger partial charge < -0.3 is 31.8 Å². The maximum absolute atomic E-state index is 18.3. The second-order valence-corrected chi connectivity index (χ2v) is 25.7. The zero-order chi connectivity index (χ0) is 59.1. The third-order valence-corrected chi connectivity index (χ3v) is 18.1. The van der Waals surface area contributed by atoms with E-state index in [9.17, 15) is 14.4 Å². The van der Waals surface area contributed by atoms with Crippen LogP contribution in [0.2, 0.25) is 0 Å².